The molecule has 0 bridgehead atoms. The molecule has 0 aromatic carbocycles. The minimum absolute atomic E-state index is 0.647. The lowest BCUT2D eigenvalue weighted by Crippen LogP contribution is -2.57. The second kappa shape index (κ2) is 7.49. The van der Waals surface area contributed by atoms with E-state index in [1.54, 1.807) is 41.5 Å². The zero-order valence-electron chi connectivity index (χ0n) is 14.2. The van der Waals surface area contributed by atoms with E-state index in [-0.39, 0.29) is 0 Å². The molecule has 0 saturated carbocycles. The van der Waals surface area contributed by atoms with Crippen molar-refractivity contribution in [2.75, 3.05) is 0 Å². The van der Waals surface area contributed by atoms with Gasteiger partial charge in [0.1, 0.15) is 11.6 Å². The summed E-state index contributed by atoms with van der Waals surface area (Å²) in [4.78, 5) is 31.6. The van der Waals surface area contributed by atoms with Gasteiger partial charge in [0.2, 0.25) is 0 Å². The fourth-order valence-corrected chi connectivity index (χ4v) is 1.64. The van der Waals surface area contributed by atoms with Crippen molar-refractivity contribution in [1.29, 1.82) is 0 Å². The fourth-order valence-electron chi connectivity index (χ4n) is 1.64. The minimum Gasteiger partial charge on any atom is -0.427 e. The van der Waals surface area contributed by atoms with Crippen molar-refractivity contribution in [3.63, 3.8) is 0 Å². The van der Waals surface area contributed by atoms with Gasteiger partial charge in [0.25, 0.3) is 5.78 Å². The second-order valence-corrected chi connectivity index (χ2v) is 6.88. The van der Waals surface area contributed by atoms with Gasteiger partial charge < -0.3 is 20.2 Å². The first kappa shape index (κ1) is 20.2. The van der Waals surface area contributed by atoms with E-state index in [9.17, 15) is 14.7 Å². The Balaban J connectivity index is 5.47. The highest BCUT2D eigenvalue weighted by Gasteiger charge is 2.41. The summed E-state index contributed by atoms with van der Waals surface area (Å²) in [5.41, 5.74) is 6.93. The highest BCUT2D eigenvalue weighted by atomic mass is 16.8. The zero-order valence-corrected chi connectivity index (χ0v) is 14.2. The number of Topliss-reactive ketones (excluding diaryl/α,β-unsaturated/α-hetero) is 1. The molecule has 0 saturated heterocycles. The summed E-state index contributed by atoms with van der Waals surface area (Å²) in [5.74, 6) is -0.712. The number of ether oxygens (including phenoxy) is 1. The Morgan fingerprint density at radius 2 is 1.73 bits per heavy atom. The van der Waals surface area contributed by atoms with Gasteiger partial charge in [-0.1, -0.05) is 0 Å². The van der Waals surface area contributed by atoms with Gasteiger partial charge in [0.05, 0.1) is 6.10 Å². The van der Waals surface area contributed by atoms with Crippen LogP contribution in [0.3, 0.4) is 0 Å². The number of nitrogens with zero attached hydrogens (tertiary/aromatic N) is 3. The monoisotopic (exact) mass is 315 g/mol. The van der Waals surface area contributed by atoms with Crippen molar-refractivity contribution in [2.45, 2.75) is 71.8 Å². The summed E-state index contributed by atoms with van der Waals surface area (Å²) in [5, 5.41) is 10.9. The Morgan fingerprint density at radius 3 is 2.05 bits per heavy atom. The number of aliphatic hydroxyl groups excluding tert-OH is 1. The van der Waals surface area contributed by atoms with Gasteiger partial charge in [-0.2, -0.15) is 4.79 Å². The lowest BCUT2D eigenvalue weighted by atomic mass is 10.0. The third-order valence-corrected chi connectivity index (χ3v) is 2.41. The molecule has 0 aliphatic rings. The Kier molecular flexibility index (Phi) is 6.89. The first-order chi connectivity index (χ1) is 9.79. The molecule has 0 rings (SSSR count). The van der Waals surface area contributed by atoms with Gasteiger partial charge in [0.15, 0.2) is 0 Å². The van der Waals surface area contributed by atoms with Crippen molar-refractivity contribution in [3.8, 4) is 0 Å². The second-order valence-electron chi connectivity index (χ2n) is 6.88. The van der Waals surface area contributed by atoms with Gasteiger partial charge in [-0.3, -0.25) is 4.79 Å². The SMILES string of the molecule is C[C@H](O)[C@@H](C(=O)C=[N+]=[N-])N(OC(=O)OC(C)(C)C)C(C)(C)C. The fraction of sp³-hybridized carbons (Fsp3) is 0.786. The molecule has 0 aliphatic heterocycles. The van der Waals surface area contributed by atoms with E-state index in [4.69, 9.17) is 15.1 Å². The van der Waals surface area contributed by atoms with E-state index in [0.717, 1.165) is 5.06 Å². The van der Waals surface area contributed by atoms with E-state index in [0.29, 0.717) is 6.21 Å². The molecule has 8 heteroatoms. The third-order valence-electron chi connectivity index (χ3n) is 2.41. The van der Waals surface area contributed by atoms with Crippen LogP contribution < -0.4 is 0 Å². The molecule has 0 unspecified atom stereocenters. The number of carbonyl (C=O) groups excluding carboxylic acids is 2. The molecule has 0 radical (unpaired) electrons. The van der Waals surface area contributed by atoms with Crippen LogP contribution in [0.25, 0.3) is 5.53 Å². The molecule has 2 atom stereocenters. The number of aliphatic hydroxyl groups is 1. The maximum Gasteiger partial charge on any atom is 0.528 e. The van der Waals surface area contributed by atoms with Crippen molar-refractivity contribution in [1.82, 2.24) is 5.06 Å². The average molecular weight is 315 g/mol. The summed E-state index contributed by atoms with van der Waals surface area (Å²) < 4.78 is 5.05. The molecule has 0 spiro atoms. The molecule has 0 amide bonds. The maximum absolute atomic E-state index is 12.0. The summed E-state index contributed by atoms with van der Waals surface area (Å²) in [6.45, 7) is 11.5. The number of rotatable bonds is 5. The molecule has 8 nitrogen and oxygen atoms in total. The van der Waals surface area contributed by atoms with E-state index < -0.39 is 35.2 Å². The maximum atomic E-state index is 12.0. The third kappa shape index (κ3) is 6.80. The van der Waals surface area contributed by atoms with Crippen LogP contribution in [0.4, 0.5) is 4.79 Å². The Morgan fingerprint density at radius 1 is 1.23 bits per heavy atom. The lowest BCUT2D eigenvalue weighted by Gasteiger charge is -2.38. The molecular formula is C14H25N3O5. The highest BCUT2D eigenvalue weighted by Crippen LogP contribution is 2.22. The van der Waals surface area contributed by atoms with Gasteiger partial charge in [-0.05, 0) is 48.5 Å². The molecule has 0 fully saturated rings. The number of hydroxylamine groups is 2. The van der Waals surface area contributed by atoms with Crippen LogP contribution in [-0.2, 0) is 14.4 Å². The first-order valence-corrected chi connectivity index (χ1v) is 6.89. The Hall–Kier alpha value is -1.76. The zero-order chi connectivity index (χ0) is 17.7. The Bertz CT molecular complexity index is 456. The van der Waals surface area contributed by atoms with Gasteiger partial charge in [0, 0.05) is 5.54 Å². The van der Waals surface area contributed by atoms with Crippen LogP contribution in [0.1, 0.15) is 48.5 Å². The van der Waals surface area contributed by atoms with E-state index >= 15 is 0 Å². The van der Waals surface area contributed by atoms with Crippen LogP contribution in [0.5, 0.6) is 0 Å². The van der Waals surface area contributed by atoms with Gasteiger partial charge >= 0.3 is 12.4 Å². The van der Waals surface area contributed by atoms with E-state index in [2.05, 4.69) is 4.79 Å². The molecule has 22 heavy (non-hydrogen) atoms. The number of carbonyl (C=O) groups is 2. The van der Waals surface area contributed by atoms with Crippen molar-refractivity contribution in [3.05, 3.63) is 5.53 Å². The molecule has 0 aromatic rings. The van der Waals surface area contributed by atoms with Gasteiger partial charge in [-0.15, -0.1) is 5.06 Å². The summed E-state index contributed by atoms with van der Waals surface area (Å²) in [7, 11) is 0. The topological polar surface area (TPSA) is 112 Å². The number of ketones is 1. The van der Waals surface area contributed by atoms with Crippen molar-refractivity contribution >= 4 is 18.2 Å². The highest BCUT2D eigenvalue weighted by molar-refractivity contribution is 6.27. The first-order valence-electron chi connectivity index (χ1n) is 6.89. The molecular weight excluding hydrogens is 290 g/mol. The normalized spacial score (nSPS) is 14.8. The molecule has 1 N–H and O–H groups in total. The smallest absolute Gasteiger partial charge is 0.427 e. The average Bonchev–Trinajstić information content (AvgIpc) is 2.23. The largest absolute Gasteiger partial charge is 0.528 e. The Labute approximate surface area is 130 Å². The van der Waals surface area contributed by atoms with E-state index in [1.807, 2.05) is 0 Å². The molecule has 0 aromatic heterocycles. The lowest BCUT2D eigenvalue weighted by molar-refractivity contribution is -0.221. The van der Waals surface area contributed by atoms with Crippen LogP contribution in [0.15, 0.2) is 0 Å². The molecule has 0 heterocycles. The predicted octanol–water partition coefficient (Wildman–Crippen LogP) is 1.57. The quantitative estimate of drug-likeness (QED) is 0.271. The standard InChI is InChI=1S/C14H25N3O5/c1-9(18)11(10(19)8-16-15)17(13(2,3)4)22-12(20)21-14(5,6)7/h8-9,11,18H,1-7H3/t9-,11-/m0/s1. The van der Waals surface area contributed by atoms with Crippen LogP contribution in [0.2, 0.25) is 0 Å². The van der Waals surface area contributed by atoms with Crippen molar-refractivity contribution < 1.29 is 29.1 Å². The predicted molar refractivity (Wildman–Crippen MR) is 79.1 cm³/mol. The van der Waals surface area contributed by atoms with E-state index in [1.165, 1.54) is 6.92 Å². The molecule has 0 aliphatic carbocycles. The summed E-state index contributed by atoms with van der Waals surface area (Å²) >= 11 is 0. The van der Waals surface area contributed by atoms with Crippen LogP contribution in [0, 0.1) is 0 Å². The van der Waals surface area contributed by atoms with Crippen molar-refractivity contribution in [2.24, 2.45) is 0 Å². The van der Waals surface area contributed by atoms with Gasteiger partial charge in [-0.25, -0.2) is 4.79 Å². The summed E-state index contributed by atoms with van der Waals surface area (Å²) in [6, 6.07) is -1.23. The van der Waals surface area contributed by atoms with Crippen LogP contribution >= 0.6 is 0 Å². The number of hydrogen-bond donors (Lipinski definition) is 1. The minimum atomic E-state index is -1.23. The van der Waals surface area contributed by atoms with Crippen LogP contribution in [-0.4, -0.2) is 56.4 Å². The summed E-state index contributed by atoms with van der Waals surface area (Å²) in [6.07, 6.45) is -1.52. The number of hydrogen-bond acceptors (Lipinski definition) is 6. The molecule has 126 valence electrons.